The maximum Gasteiger partial charge on any atom is 0.144 e. The summed E-state index contributed by atoms with van der Waals surface area (Å²) in [7, 11) is 3.21. The summed E-state index contributed by atoms with van der Waals surface area (Å²) in [5.74, 6) is 1.43. The van der Waals surface area contributed by atoms with Crippen molar-refractivity contribution in [3.8, 4) is 5.75 Å². The number of aromatic nitrogens is 2. The Labute approximate surface area is 93.0 Å². The molecule has 86 valence electrons. The second kappa shape index (κ2) is 4.51. The number of hydrogen-bond donors (Lipinski definition) is 2. The summed E-state index contributed by atoms with van der Waals surface area (Å²) in [6.45, 7) is 0.362. The van der Waals surface area contributed by atoms with Gasteiger partial charge in [-0.3, -0.25) is 0 Å². The zero-order valence-corrected chi connectivity index (χ0v) is 9.28. The molecule has 0 unspecified atom stereocenters. The van der Waals surface area contributed by atoms with E-state index < -0.39 is 0 Å². The molecule has 0 fully saturated rings. The smallest absolute Gasteiger partial charge is 0.144 e. The number of nitrogens with zero attached hydrogens (tertiary/aromatic N) is 1. The summed E-state index contributed by atoms with van der Waals surface area (Å²) in [6, 6.07) is 3.61. The highest BCUT2D eigenvalue weighted by Crippen LogP contribution is 2.26. The van der Waals surface area contributed by atoms with Gasteiger partial charge in [-0.2, -0.15) is 0 Å². The van der Waals surface area contributed by atoms with Crippen LogP contribution >= 0.6 is 0 Å². The van der Waals surface area contributed by atoms with E-state index in [0.29, 0.717) is 12.4 Å². The number of nitrogens with one attached hydrogen (secondary N) is 1. The number of methoxy groups -OCH3 is 2. The first-order valence-electron chi connectivity index (χ1n) is 4.94. The van der Waals surface area contributed by atoms with E-state index in [-0.39, 0.29) is 6.61 Å². The summed E-state index contributed by atoms with van der Waals surface area (Å²) in [5.41, 5.74) is 2.30. The van der Waals surface area contributed by atoms with Crippen LogP contribution in [0.4, 0.5) is 0 Å². The van der Waals surface area contributed by atoms with Gasteiger partial charge in [-0.05, 0) is 6.07 Å². The molecular weight excluding hydrogens is 208 g/mol. The van der Waals surface area contributed by atoms with Crippen LogP contribution in [0, 0.1) is 0 Å². The summed E-state index contributed by atoms with van der Waals surface area (Å²) >= 11 is 0. The number of hydrogen-bond acceptors (Lipinski definition) is 4. The van der Waals surface area contributed by atoms with Crippen LogP contribution in [0.3, 0.4) is 0 Å². The lowest BCUT2D eigenvalue weighted by atomic mass is 10.2. The van der Waals surface area contributed by atoms with Crippen LogP contribution in [-0.2, 0) is 18.0 Å². The maximum absolute atomic E-state index is 9.21. The molecule has 2 rings (SSSR count). The summed E-state index contributed by atoms with van der Waals surface area (Å²) in [5, 5.41) is 9.21. The average Bonchev–Trinajstić information content (AvgIpc) is 2.71. The van der Waals surface area contributed by atoms with Crippen molar-refractivity contribution in [3.63, 3.8) is 0 Å². The Hall–Kier alpha value is -1.59. The van der Waals surface area contributed by atoms with E-state index in [1.807, 2.05) is 6.07 Å². The molecule has 2 N–H and O–H groups in total. The third kappa shape index (κ3) is 1.75. The van der Waals surface area contributed by atoms with Crippen molar-refractivity contribution in [2.75, 3.05) is 14.2 Å². The van der Waals surface area contributed by atoms with Gasteiger partial charge < -0.3 is 19.6 Å². The monoisotopic (exact) mass is 222 g/mol. The Balaban J connectivity index is 2.60. The van der Waals surface area contributed by atoms with Crippen molar-refractivity contribution in [3.05, 3.63) is 23.5 Å². The first-order chi connectivity index (χ1) is 7.80. The Morgan fingerprint density at radius 2 is 2.19 bits per heavy atom. The van der Waals surface area contributed by atoms with Gasteiger partial charge in [0.1, 0.15) is 23.7 Å². The number of fused-ring (bicyclic) bond motifs is 1. The Kier molecular flexibility index (Phi) is 3.07. The first kappa shape index (κ1) is 10.9. The van der Waals surface area contributed by atoms with Gasteiger partial charge in [-0.25, -0.2) is 4.98 Å². The largest absolute Gasteiger partial charge is 0.494 e. The standard InChI is InChI=1S/C11H14N2O3/c1-15-6-9-12-10-7(5-14)3-4-8(16-2)11(10)13-9/h3-4,14H,5-6H2,1-2H3,(H,12,13). The lowest BCUT2D eigenvalue weighted by Crippen LogP contribution is -1.89. The van der Waals surface area contributed by atoms with Gasteiger partial charge in [-0.1, -0.05) is 6.07 Å². The molecule has 0 radical (unpaired) electrons. The number of rotatable bonds is 4. The molecule has 0 saturated heterocycles. The van der Waals surface area contributed by atoms with Crippen molar-refractivity contribution >= 4 is 11.0 Å². The molecule has 0 bridgehead atoms. The van der Waals surface area contributed by atoms with Crippen molar-refractivity contribution < 1.29 is 14.6 Å². The van der Waals surface area contributed by atoms with Gasteiger partial charge in [0.25, 0.3) is 0 Å². The second-order valence-corrected chi connectivity index (χ2v) is 3.43. The topological polar surface area (TPSA) is 67.4 Å². The van der Waals surface area contributed by atoms with Gasteiger partial charge in [0.15, 0.2) is 0 Å². The van der Waals surface area contributed by atoms with Crippen LogP contribution in [0.2, 0.25) is 0 Å². The highest BCUT2D eigenvalue weighted by Gasteiger charge is 2.11. The van der Waals surface area contributed by atoms with E-state index in [2.05, 4.69) is 9.97 Å². The minimum atomic E-state index is -0.0439. The summed E-state index contributed by atoms with van der Waals surface area (Å²) in [4.78, 5) is 7.48. The average molecular weight is 222 g/mol. The highest BCUT2D eigenvalue weighted by atomic mass is 16.5. The Morgan fingerprint density at radius 1 is 1.38 bits per heavy atom. The lowest BCUT2D eigenvalue weighted by molar-refractivity contribution is 0.179. The predicted octanol–water partition coefficient (Wildman–Crippen LogP) is 1.21. The van der Waals surface area contributed by atoms with Crippen molar-refractivity contribution in [1.82, 2.24) is 9.97 Å². The molecule has 5 heteroatoms. The molecule has 1 aromatic heterocycles. The number of aliphatic hydroxyl groups is 1. The quantitative estimate of drug-likeness (QED) is 0.816. The molecule has 0 saturated carbocycles. The Bertz CT molecular complexity index is 452. The van der Waals surface area contributed by atoms with E-state index in [9.17, 15) is 5.11 Å². The van der Waals surface area contributed by atoms with E-state index >= 15 is 0 Å². The lowest BCUT2D eigenvalue weighted by Gasteiger charge is -2.03. The van der Waals surface area contributed by atoms with Crippen LogP contribution < -0.4 is 4.74 Å². The zero-order chi connectivity index (χ0) is 11.5. The predicted molar refractivity (Wildman–Crippen MR) is 59.3 cm³/mol. The number of aromatic amines is 1. The minimum absolute atomic E-state index is 0.0439. The van der Waals surface area contributed by atoms with E-state index in [1.165, 1.54) is 0 Å². The van der Waals surface area contributed by atoms with Crippen LogP contribution in [0.25, 0.3) is 11.0 Å². The van der Waals surface area contributed by atoms with Gasteiger partial charge >= 0.3 is 0 Å². The fourth-order valence-electron chi connectivity index (χ4n) is 1.67. The molecule has 1 aromatic carbocycles. The molecular formula is C11H14N2O3. The molecule has 2 aromatic rings. The summed E-state index contributed by atoms with van der Waals surface area (Å²) in [6.07, 6.45) is 0. The molecule has 0 aliphatic rings. The van der Waals surface area contributed by atoms with Crippen LogP contribution in [0.5, 0.6) is 5.75 Å². The minimum Gasteiger partial charge on any atom is -0.494 e. The fourth-order valence-corrected chi connectivity index (χ4v) is 1.67. The molecule has 1 heterocycles. The number of H-pyrrole nitrogens is 1. The van der Waals surface area contributed by atoms with Crippen LogP contribution in [-0.4, -0.2) is 29.3 Å². The van der Waals surface area contributed by atoms with E-state index in [4.69, 9.17) is 9.47 Å². The van der Waals surface area contributed by atoms with Crippen LogP contribution in [0.15, 0.2) is 12.1 Å². The molecule has 0 aliphatic carbocycles. The van der Waals surface area contributed by atoms with Crippen molar-refractivity contribution in [2.45, 2.75) is 13.2 Å². The van der Waals surface area contributed by atoms with E-state index in [1.54, 1.807) is 20.3 Å². The third-order valence-electron chi connectivity index (χ3n) is 2.41. The van der Waals surface area contributed by atoms with Gasteiger partial charge in [0.05, 0.1) is 19.2 Å². The van der Waals surface area contributed by atoms with Gasteiger partial charge in [-0.15, -0.1) is 0 Å². The van der Waals surface area contributed by atoms with Crippen LogP contribution in [0.1, 0.15) is 11.4 Å². The molecule has 0 aliphatic heterocycles. The molecule has 0 amide bonds. The number of aliphatic hydroxyl groups excluding tert-OH is 1. The van der Waals surface area contributed by atoms with Crippen molar-refractivity contribution in [1.29, 1.82) is 0 Å². The molecule has 5 nitrogen and oxygen atoms in total. The highest BCUT2D eigenvalue weighted by molar-refractivity contribution is 5.84. The normalized spacial score (nSPS) is 10.9. The van der Waals surface area contributed by atoms with Crippen molar-refractivity contribution in [2.24, 2.45) is 0 Å². The SMILES string of the molecule is COCc1nc2c(CO)ccc(OC)c2[nH]1. The molecule has 0 spiro atoms. The Morgan fingerprint density at radius 3 is 2.81 bits per heavy atom. The molecule has 16 heavy (non-hydrogen) atoms. The summed E-state index contributed by atoms with van der Waals surface area (Å²) < 4.78 is 10.2. The van der Waals surface area contributed by atoms with E-state index in [0.717, 1.165) is 22.4 Å². The van der Waals surface area contributed by atoms with Gasteiger partial charge in [0.2, 0.25) is 0 Å². The fraction of sp³-hybridized carbons (Fsp3) is 0.364. The molecule has 0 atom stereocenters. The third-order valence-corrected chi connectivity index (χ3v) is 2.41. The van der Waals surface area contributed by atoms with Gasteiger partial charge in [0, 0.05) is 12.7 Å². The number of benzene rings is 1. The second-order valence-electron chi connectivity index (χ2n) is 3.43. The number of ether oxygens (including phenoxy) is 2. The number of imidazole rings is 1. The zero-order valence-electron chi connectivity index (χ0n) is 9.28. The first-order valence-corrected chi connectivity index (χ1v) is 4.94. The maximum atomic E-state index is 9.21.